The zero-order valence-electron chi connectivity index (χ0n) is 5.85. The summed E-state index contributed by atoms with van der Waals surface area (Å²) in [6.07, 6.45) is -2.39. The van der Waals surface area contributed by atoms with Gasteiger partial charge in [-0.15, -0.1) is 12.4 Å². The van der Waals surface area contributed by atoms with Crippen molar-refractivity contribution in [1.82, 2.24) is 5.32 Å². The van der Waals surface area contributed by atoms with E-state index in [0.29, 0.717) is 13.0 Å². The number of amides is 1. The van der Waals surface area contributed by atoms with Crippen molar-refractivity contribution >= 4 is 18.3 Å². The Bertz CT molecular complexity index is 113. The fourth-order valence-electron chi connectivity index (χ4n) is 0.391. The smallest absolute Gasteiger partial charge is 0.315 e. The van der Waals surface area contributed by atoms with Crippen molar-refractivity contribution in [3.05, 3.63) is 0 Å². The first-order valence-corrected chi connectivity index (χ1v) is 2.94. The second-order valence-corrected chi connectivity index (χ2v) is 1.73. The van der Waals surface area contributed by atoms with Gasteiger partial charge in [0.1, 0.15) is 0 Å². The lowest BCUT2D eigenvalue weighted by Gasteiger charge is -2.00. The Morgan fingerprint density at radius 3 is 2.45 bits per heavy atom. The zero-order chi connectivity index (χ0) is 7.98. The van der Waals surface area contributed by atoms with E-state index < -0.39 is 12.3 Å². The summed E-state index contributed by atoms with van der Waals surface area (Å²) in [4.78, 5) is 10.1. The fraction of sp³-hybridized carbons (Fsp3) is 0.800. The maximum Gasteiger partial charge on any atom is 0.315 e. The van der Waals surface area contributed by atoms with Crippen molar-refractivity contribution in [3.8, 4) is 0 Å². The van der Waals surface area contributed by atoms with Gasteiger partial charge in [-0.1, -0.05) is 0 Å². The third kappa shape index (κ3) is 7.48. The van der Waals surface area contributed by atoms with Crippen molar-refractivity contribution in [2.24, 2.45) is 5.73 Å². The van der Waals surface area contributed by atoms with Gasteiger partial charge < -0.3 is 11.1 Å². The minimum absolute atomic E-state index is 0. The number of nitrogens with one attached hydrogen (secondary N) is 1. The average Bonchev–Trinajstić information content (AvgIpc) is 1.88. The van der Waals surface area contributed by atoms with Crippen LogP contribution < -0.4 is 11.1 Å². The summed E-state index contributed by atoms with van der Waals surface area (Å²) < 4.78 is 22.8. The molecule has 0 aliphatic rings. The average molecular weight is 189 g/mol. The van der Waals surface area contributed by atoms with Crippen LogP contribution in [0.3, 0.4) is 0 Å². The fourth-order valence-corrected chi connectivity index (χ4v) is 0.391. The van der Waals surface area contributed by atoms with Gasteiger partial charge in [0, 0.05) is 6.54 Å². The highest BCUT2D eigenvalue weighted by atomic mass is 35.5. The molecule has 68 valence electrons. The number of nitrogens with two attached hydrogens (primary N) is 1. The first kappa shape index (κ1) is 13.2. The monoisotopic (exact) mass is 188 g/mol. The van der Waals surface area contributed by atoms with Crippen LogP contribution in [0.25, 0.3) is 0 Å². The van der Waals surface area contributed by atoms with Crippen LogP contribution in [0.1, 0.15) is 6.42 Å². The Kier molecular flexibility index (Phi) is 9.21. The standard InChI is InChI=1S/C5H10F2N2O.ClH/c6-4(7)5(10)9-3-1-2-8;/h4H,1-3,8H2,(H,9,10);1H. The molecule has 3 nitrogen and oxygen atoms in total. The normalized spacial score (nSPS) is 9.09. The number of hydrogen-bond acceptors (Lipinski definition) is 2. The molecule has 0 rings (SSSR count). The van der Waals surface area contributed by atoms with Crippen molar-refractivity contribution in [3.63, 3.8) is 0 Å². The lowest BCUT2D eigenvalue weighted by molar-refractivity contribution is -0.131. The Labute approximate surface area is 69.7 Å². The maximum absolute atomic E-state index is 11.4. The summed E-state index contributed by atoms with van der Waals surface area (Å²) in [5.74, 6) is -1.23. The number of alkyl halides is 2. The molecule has 0 unspecified atom stereocenters. The van der Waals surface area contributed by atoms with Gasteiger partial charge in [-0.05, 0) is 13.0 Å². The van der Waals surface area contributed by atoms with Crippen molar-refractivity contribution in [2.75, 3.05) is 13.1 Å². The summed E-state index contributed by atoms with van der Waals surface area (Å²) in [6, 6.07) is 0. The molecule has 0 aliphatic heterocycles. The molecule has 0 saturated carbocycles. The van der Waals surface area contributed by atoms with Gasteiger partial charge in [-0.3, -0.25) is 4.79 Å². The Morgan fingerprint density at radius 1 is 1.55 bits per heavy atom. The molecular formula is C5H11ClF2N2O. The molecule has 0 heterocycles. The third-order valence-electron chi connectivity index (χ3n) is 0.878. The molecule has 0 radical (unpaired) electrons. The number of hydrogen-bond donors (Lipinski definition) is 2. The van der Waals surface area contributed by atoms with Gasteiger partial charge in [0.15, 0.2) is 0 Å². The van der Waals surface area contributed by atoms with E-state index in [0.717, 1.165) is 0 Å². The first-order valence-electron chi connectivity index (χ1n) is 2.94. The Balaban J connectivity index is 0. The quantitative estimate of drug-likeness (QED) is 0.617. The van der Waals surface area contributed by atoms with Crippen LogP contribution in [0.4, 0.5) is 8.78 Å². The van der Waals surface area contributed by atoms with E-state index >= 15 is 0 Å². The van der Waals surface area contributed by atoms with E-state index in [2.05, 4.69) is 0 Å². The molecule has 0 aromatic carbocycles. The number of carbonyl (C=O) groups is 1. The summed E-state index contributed by atoms with van der Waals surface area (Å²) in [5.41, 5.74) is 5.05. The second kappa shape index (κ2) is 7.68. The topological polar surface area (TPSA) is 55.1 Å². The van der Waals surface area contributed by atoms with Gasteiger partial charge in [0.2, 0.25) is 0 Å². The highest BCUT2D eigenvalue weighted by Crippen LogP contribution is 1.89. The van der Waals surface area contributed by atoms with Crippen LogP contribution in [0.5, 0.6) is 0 Å². The molecule has 3 N–H and O–H groups in total. The minimum Gasteiger partial charge on any atom is -0.351 e. The highest BCUT2D eigenvalue weighted by Gasteiger charge is 2.12. The maximum atomic E-state index is 11.4. The number of halogens is 3. The first-order chi connectivity index (χ1) is 4.68. The van der Waals surface area contributed by atoms with Crippen LogP contribution >= 0.6 is 12.4 Å². The lowest BCUT2D eigenvalue weighted by atomic mass is 10.4. The molecule has 1 amide bonds. The summed E-state index contributed by atoms with van der Waals surface area (Å²) in [5, 5.41) is 2.01. The van der Waals surface area contributed by atoms with Gasteiger partial charge in [-0.2, -0.15) is 8.78 Å². The summed E-state index contributed by atoms with van der Waals surface area (Å²) in [6.45, 7) is 0.614. The van der Waals surface area contributed by atoms with Gasteiger partial charge >= 0.3 is 6.43 Å². The van der Waals surface area contributed by atoms with Crippen LogP contribution in [0.15, 0.2) is 0 Å². The van der Waals surface area contributed by atoms with Crippen molar-refractivity contribution < 1.29 is 13.6 Å². The number of rotatable bonds is 4. The number of carbonyl (C=O) groups excluding carboxylic acids is 1. The molecule has 0 atom stereocenters. The predicted molar refractivity (Wildman–Crippen MR) is 39.9 cm³/mol. The molecule has 0 aromatic heterocycles. The molecule has 0 fully saturated rings. The van der Waals surface area contributed by atoms with E-state index in [1.165, 1.54) is 0 Å². The molecule has 0 spiro atoms. The van der Waals surface area contributed by atoms with Gasteiger partial charge in [-0.25, -0.2) is 0 Å². The van der Waals surface area contributed by atoms with Crippen molar-refractivity contribution in [1.29, 1.82) is 0 Å². The lowest BCUT2D eigenvalue weighted by Crippen LogP contribution is -2.31. The predicted octanol–water partition coefficient (Wildman–Crippen LogP) is 0.138. The highest BCUT2D eigenvalue weighted by molar-refractivity contribution is 5.85. The second-order valence-electron chi connectivity index (χ2n) is 1.73. The summed E-state index contributed by atoms with van der Waals surface area (Å²) in [7, 11) is 0. The molecule has 11 heavy (non-hydrogen) atoms. The molecule has 0 bridgehead atoms. The van der Waals surface area contributed by atoms with Crippen LogP contribution in [-0.4, -0.2) is 25.4 Å². The molecule has 0 aromatic rings. The zero-order valence-corrected chi connectivity index (χ0v) is 6.66. The minimum atomic E-state index is -2.92. The SMILES string of the molecule is Cl.NCCCNC(=O)C(F)F. The van der Waals surface area contributed by atoms with E-state index in [-0.39, 0.29) is 19.0 Å². The molecule has 6 heteroatoms. The third-order valence-corrected chi connectivity index (χ3v) is 0.878. The van der Waals surface area contributed by atoms with E-state index in [1.807, 2.05) is 5.32 Å². The van der Waals surface area contributed by atoms with E-state index in [1.54, 1.807) is 0 Å². The Hall–Kier alpha value is -0.420. The van der Waals surface area contributed by atoms with Crippen molar-refractivity contribution in [2.45, 2.75) is 12.8 Å². The van der Waals surface area contributed by atoms with E-state index in [4.69, 9.17) is 5.73 Å². The van der Waals surface area contributed by atoms with E-state index in [9.17, 15) is 13.6 Å². The molecule has 0 aliphatic carbocycles. The van der Waals surface area contributed by atoms with Crippen LogP contribution in [0, 0.1) is 0 Å². The summed E-state index contributed by atoms with van der Waals surface area (Å²) >= 11 is 0. The van der Waals surface area contributed by atoms with Crippen LogP contribution in [0.2, 0.25) is 0 Å². The van der Waals surface area contributed by atoms with Gasteiger partial charge in [0.05, 0.1) is 0 Å². The van der Waals surface area contributed by atoms with Gasteiger partial charge in [0.25, 0.3) is 5.91 Å². The molecule has 0 saturated heterocycles. The Morgan fingerprint density at radius 2 is 2.09 bits per heavy atom. The van der Waals surface area contributed by atoms with Crippen LogP contribution in [-0.2, 0) is 4.79 Å². The largest absolute Gasteiger partial charge is 0.351 e. The molecular weight excluding hydrogens is 178 g/mol.